The molecule has 3 aromatic rings. The maximum atomic E-state index is 9.10. The van der Waals surface area contributed by atoms with E-state index in [1.54, 1.807) is 0 Å². The molecule has 1 heterocycles. The van der Waals surface area contributed by atoms with Crippen LogP contribution >= 0.6 is 0 Å². The van der Waals surface area contributed by atoms with E-state index in [1.807, 2.05) is 12.1 Å². The first-order valence-corrected chi connectivity index (χ1v) is 6.71. The predicted octanol–water partition coefficient (Wildman–Crippen LogP) is 2.84. The first-order valence-electron chi connectivity index (χ1n) is 6.71. The van der Waals surface area contributed by atoms with Crippen LogP contribution < -0.4 is 5.73 Å². The van der Waals surface area contributed by atoms with Crippen LogP contribution in [0.2, 0.25) is 0 Å². The third-order valence-electron chi connectivity index (χ3n) is 3.74. The van der Waals surface area contributed by atoms with E-state index in [0.717, 1.165) is 11.1 Å². The van der Waals surface area contributed by atoms with Crippen LogP contribution in [0.25, 0.3) is 22.0 Å². The second-order valence-corrected chi connectivity index (χ2v) is 5.08. The summed E-state index contributed by atoms with van der Waals surface area (Å²) in [6, 6.07) is 16.2. The topological polar surface area (TPSA) is 51.2 Å². The lowest BCUT2D eigenvalue weighted by Crippen LogP contribution is -2.14. The molecule has 0 aliphatic carbocycles. The second-order valence-electron chi connectivity index (χ2n) is 5.08. The van der Waals surface area contributed by atoms with E-state index in [4.69, 9.17) is 10.8 Å². The van der Waals surface area contributed by atoms with Crippen LogP contribution in [0.5, 0.6) is 0 Å². The van der Waals surface area contributed by atoms with Crippen LogP contribution in [0.1, 0.15) is 11.6 Å². The van der Waals surface area contributed by atoms with Gasteiger partial charge in [0.25, 0.3) is 0 Å². The summed E-state index contributed by atoms with van der Waals surface area (Å²) in [5.74, 6) is 0. The Morgan fingerprint density at radius 3 is 2.55 bits per heavy atom. The van der Waals surface area contributed by atoms with Crippen molar-refractivity contribution >= 4 is 10.9 Å². The number of aryl methyl sites for hydroxylation is 1. The Labute approximate surface area is 118 Å². The van der Waals surface area contributed by atoms with E-state index in [1.165, 1.54) is 16.5 Å². The highest BCUT2D eigenvalue weighted by Crippen LogP contribution is 2.29. The molecule has 0 aliphatic heterocycles. The van der Waals surface area contributed by atoms with E-state index in [-0.39, 0.29) is 12.6 Å². The number of benzene rings is 2. The number of hydrogen-bond donors (Lipinski definition) is 2. The van der Waals surface area contributed by atoms with Crippen molar-refractivity contribution in [2.24, 2.45) is 12.8 Å². The minimum atomic E-state index is -0.310. The van der Waals surface area contributed by atoms with Gasteiger partial charge in [-0.25, -0.2) is 0 Å². The average Bonchev–Trinajstić information content (AvgIpc) is 2.88. The van der Waals surface area contributed by atoms with Crippen LogP contribution in [0, 0.1) is 0 Å². The predicted molar refractivity (Wildman–Crippen MR) is 82.4 cm³/mol. The number of aliphatic hydroxyl groups excluding tert-OH is 1. The van der Waals surface area contributed by atoms with Gasteiger partial charge in [0.15, 0.2) is 0 Å². The van der Waals surface area contributed by atoms with Crippen molar-refractivity contribution in [3.8, 4) is 11.1 Å². The Morgan fingerprint density at radius 1 is 1.10 bits per heavy atom. The van der Waals surface area contributed by atoms with Gasteiger partial charge >= 0.3 is 0 Å². The van der Waals surface area contributed by atoms with Gasteiger partial charge in [0, 0.05) is 24.2 Å². The first kappa shape index (κ1) is 12.9. The van der Waals surface area contributed by atoms with Crippen molar-refractivity contribution in [2.45, 2.75) is 6.04 Å². The molecule has 0 spiro atoms. The number of nitrogens with zero attached hydrogens (tertiary/aromatic N) is 1. The standard InChI is InChI=1S/C17H18N2O/c1-19-10-9-14-3-2-4-15(17(14)19)12-5-7-13(8-6-12)16(18)11-20/h2-10,16,20H,11,18H2,1H3/t16-/m1/s1. The summed E-state index contributed by atoms with van der Waals surface area (Å²) < 4.78 is 2.14. The fraction of sp³-hybridized carbons (Fsp3) is 0.176. The number of aliphatic hydroxyl groups is 1. The van der Waals surface area contributed by atoms with E-state index in [0.29, 0.717) is 0 Å². The minimum absolute atomic E-state index is 0.0350. The van der Waals surface area contributed by atoms with Gasteiger partial charge in [-0.15, -0.1) is 0 Å². The zero-order valence-corrected chi connectivity index (χ0v) is 11.5. The summed E-state index contributed by atoms with van der Waals surface area (Å²) in [6.45, 7) is -0.0350. The molecule has 0 saturated heterocycles. The lowest BCUT2D eigenvalue weighted by Gasteiger charge is -2.11. The van der Waals surface area contributed by atoms with Gasteiger partial charge < -0.3 is 15.4 Å². The number of aromatic nitrogens is 1. The fourth-order valence-corrected chi connectivity index (χ4v) is 2.60. The Kier molecular flexibility index (Phi) is 3.30. The van der Waals surface area contributed by atoms with E-state index < -0.39 is 0 Å². The SMILES string of the molecule is Cn1ccc2cccc(-c3ccc([C@H](N)CO)cc3)c21. The van der Waals surface area contributed by atoms with Crippen LogP contribution in [0.4, 0.5) is 0 Å². The number of fused-ring (bicyclic) bond motifs is 1. The highest BCUT2D eigenvalue weighted by atomic mass is 16.3. The molecule has 3 rings (SSSR count). The average molecular weight is 266 g/mol. The lowest BCUT2D eigenvalue weighted by molar-refractivity contribution is 0.268. The van der Waals surface area contributed by atoms with E-state index >= 15 is 0 Å². The molecule has 1 atom stereocenters. The molecular formula is C17H18N2O. The highest BCUT2D eigenvalue weighted by Gasteiger charge is 2.08. The molecule has 1 aromatic heterocycles. The van der Waals surface area contributed by atoms with Crippen molar-refractivity contribution < 1.29 is 5.11 Å². The van der Waals surface area contributed by atoms with E-state index in [9.17, 15) is 0 Å². The van der Waals surface area contributed by atoms with Crippen LogP contribution in [-0.2, 0) is 7.05 Å². The minimum Gasteiger partial charge on any atom is -0.394 e. The summed E-state index contributed by atoms with van der Waals surface area (Å²) in [5.41, 5.74) is 10.4. The molecule has 0 radical (unpaired) electrons. The van der Waals surface area contributed by atoms with Crippen LogP contribution in [-0.4, -0.2) is 16.3 Å². The van der Waals surface area contributed by atoms with Crippen molar-refractivity contribution in [3.63, 3.8) is 0 Å². The number of nitrogens with two attached hydrogens (primary N) is 1. The maximum absolute atomic E-state index is 9.10. The quantitative estimate of drug-likeness (QED) is 0.766. The zero-order chi connectivity index (χ0) is 14.1. The fourth-order valence-electron chi connectivity index (χ4n) is 2.60. The third-order valence-corrected chi connectivity index (χ3v) is 3.74. The normalized spacial score (nSPS) is 12.8. The van der Waals surface area contributed by atoms with Gasteiger partial charge in [0.05, 0.1) is 18.2 Å². The Bertz CT molecular complexity index is 728. The smallest absolute Gasteiger partial charge is 0.0624 e. The Hall–Kier alpha value is -2.10. The molecule has 0 bridgehead atoms. The monoisotopic (exact) mass is 266 g/mol. The van der Waals surface area contributed by atoms with Crippen LogP contribution in [0.3, 0.4) is 0 Å². The Morgan fingerprint density at radius 2 is 1.85 bits per heavy atom. The molecule has 0 unspecified atom stereocenters. The molecule has 3 heteroatoms. The summed E-state index contributed by atoms with van der Waals surface area (Å²) in [5, 5.41) is 10.3. The van der Waals surface area contributed by atoms with Crippen molar-refractivity contribution in [1.29, 1.82) is 0 Å². The molecule has 0 amide bonds. The molecule has 3 nitrogen and oxygen atoms in total. The van der Waals surface area contributed by atoms with Crippen molar-refractivity contribution in [2.75, 3.05) is 6.61 Å². The van der Waals surface area contributed by atoms with Gasteiger partial charge in [0.1, 0.15) is 0 Å². The third kappa shape index (κ3) is 2.11. The summed E-state index contributed by atoms with van der Waals surface area (Å²) in [6.07, 6.45) is 2.07. The molecule has 20 heavy (non-hydrogen) atoms. The number of rotatable bonds is 3. The summed E-state index contributed by atoms with van der Waals surface area (Å²) >= 11 is 0. The molecule has 102 valence electrons. The highest BCUT2D eigenvalue weighted by molar-refractivity contribution is 5.94. The lowest BCUT2D eigenvalue weighted by atomic mass is 10.00. The van der Waals surface area contributed by atoms with Crippen molar-refractivity contribution in [1.82, 2.24) is 4.57 Å². The van der Waals surface area contributed by atoms with Gasteiger partial charge in [-0.05, 0) is 17.2 Å². The molecule has 0 fully saturated rings. The maximum Gasteiger partial charge on any atom is 0.0624 e. The molecular weight excluding hydrogens is 248 g/mol. The van der Waals surface area contributed by atoms with Gasteiger partial charge in [-0.2, -0.15) is 0 Å². The van der Waals surface area contributed by atoms with E-state index in [2.05, 4.69) is 54.2 Å². The molecule has 0 aliphatic rings. The van der Waals surface area contributed by atoms with Gasteiger partial charge in [-0.3, -0.25) is 0 Å². The molecule has 2 aromatic carbocycles. The van der Waals surface area contributed by atoms with Gasteiger partial charge in [-0.1, -0.05) is 42.5 Å². The first-order chi connectivity index (χ1) is 9.70. The molecule has 0 saturated carbocycles. The second kappa shape index (κ2) is 5.12. The van der Waals surface area contributed by atoms with Gasteiger partial charge in [0.2, 0.25) is 0 Å². The summed E-state index contributed by atoms with van der Waals surface area (Å²) in [4.78, 5) is 0. The summed E-state index contributed by atoms with van der Waals surface area (Å²) in [7, 11) is 2.06. The largest absolute Gasteiger partial charge is 0.394 e. The molecule has 3 N–H and O–H groups in total. The Balaban J connectivity index is 2.09. The number of hydrogen-bond acceptors (Lipinski definition) is 2. The zero-order valence-electron chi connectivity index (χ0n) is 11.5. The van der Waals surface area contributed by atoms with Crippen LogP contribution in [0.15, 0.2) is 54.7 Å². The number of para-hydroxylation sites is 1. The van der Waals surface area contributed by atoms with Crippen molar-refractivity contribution in [3.05, 3.63) is 60.3 Å².